The standard InChI is InChI=1S/C17H36N2/c1-6-9-15-10-11-17(18-5)16(12-15)13-19(8-3)14(4)7-2/h14-18H,6-13H2,1-5H3. The molecule has 0 aliphatic heterocycles. The lowest BCUT2D eigenvalue weighted by Crippen LogP contribution is -2.46. The Morgan fingerprint density at radius 1 is 1.21 bits per heavy atom. The van der Waals surface area contributed by atoms with Crippen LogP contribution in [0.4, 0.5) is 0 Å². The number of rotatable bonds is 8. The van der Waals surface area contributed by atoms with Gasteiger partial charge < -0.3 is 10.2 Å². The third-order valence-electron chi connectivity index (χ3n) is 5.25. The molecule has 0 aromatic heterocycles. The van der Waals surface area contributed by atoms with E-state index in [2.05, 4.69) is 45.0 Å². The van der Waals surface area contributed by atoms with E-state index in [1.807, 2.05) is 0 Å². The minimum atomic E-state index is 0.731. The van der Waals surface area contributed by atoms with E-state index in [1.54, 1.807) is 0 Å². The molecule has 0 aromatic rings. The van der Waals surface area contributed by atoms with E-state index in [1.165, 1.54) is 51.6 Å². The van der Waals surface area contributed by atoms with Crippen LogP contribution >= 0.6 is 0 Å². The van der Waals surface area contributed by atoms with Crippen molar-refractivity contribution in [3.63, 3.8) is 0 Å². The average Bonchev–Trinajstić information content (AvgIpc) is 2.44. The third-order valence-corrected chi connectivity index (χ3v) is 5.25. The Balaban J connectivity index is 2.58. The fourth-order valence-electron chi connectivity index (χ4n) is 3.79. The van der Waals surface area contributed by atoms with Crippen LogP contribution in [0.15, 0.2) is 0 Å². The van der Waals surface area contributed by atoms with E-state index in [4.69, 9.17) is 0 Å². The van der Waals surface area contributed by atoms with Crippen molar-refractivity contribution in [3.8, 4) is 0 Å². The zero-order valence-electron chi connectivity index (χ0n) is 13.9. The van der Waals surface area contributed by atoms with Gasteiger partial charge in [0.05, 0.1) is 0 Å². The van der Waals surface area contributed by atoms with Crippen LogP contribution in [-0.4, -0.2) is 37.1 Å². The van der Waals surface area contributed by atoms with Crippen LogP contribution in [0.1, 0.15) is 66.2 Å². The van der Waals surface area contributed by atoms with Crippen molar-refractivity contribution in [2.75, 3.05) is 20.1 Å². The van der Waals surface area contributed by atoms with Crippen LogP contribution in [0.25, 0.3) is 0 Å². The molecule has 2 nitrogen and oxygen atoms in total. The molecule has 4 unspecified atom stereocenters. The summed E-state index contributed by atoms with van der Waals surface area (Å²) < 4.78 is 0. The van der Waals surface area contributed by atoms with Crippen LogP contribution in [-0.2, 0) is 0 Å². The molecular formula is C17H36N2. The first-order chi connectivity index (χ1) is 9.15. The maximum Gasteiger partial charge on any atom is 0.0105 e. The summed E-state index contributed by atoms with van der Waals surface area (Å²) in [5, 5.41) is 3.58. The van der Waals surface area contributed by atoms with Gasteiger partial charge in [0.2, 0.25) is 0 Å². The first-order valence-electron chi connectivity index (χ1n) is 8.57. The number of nitrogens with zero attached hydrogens (tertiary/aromatic N) is 1. The van der Waals surface area contributed by atoms with Gasteiger partial charge in [-0.15, -0.1) is 0 Å². The van der Waals surface area contributed by atoms with E-state index >= 15 is 0 Å². The van der Waals surface area contributed by atoms with Gasteiger partial charge in [-0.25, -0.2) is 0 Å². The largest absolute Gasteiger partial charge is 0.317 e. The van der Waals surface area contributed by atoms with Gasteiger partial charge in [-0.05, 0) is 58.0 Å². The highest BCUT2D eigenvalue weighted by molar-refractivity contribution is 4.86. The molecule has 1 fully saturated rings. The molecular weight excluding hydrogens is 232 g/mol. The van der Waals surface area contributed by atoms with E-state index in [0.717, 1.165) is 23.9 Å². The molecule has 0 spiro atoms. The number of hydrogen-bond donors (Lipinski definition) is 1. The summed E-state index contributed by atoms with van der Waals surface area (Å²) in [5.41, 5.74) is 0. The molecule has 1 aliphatic rings. The van der Waals surface area contributed by atoms with Gasteiger partial charge in [0, 0.05) is 18.6 Å². The molecule has 0 amide bonds. The lowest BCUT2D eigenvalue weighted by Gasteiger charge is -2.40. The summed E-state index contributed by atoms with van der Waals surface area (Å²) in [5.74, 6) is 1.83. The number of hydrogen-bond acceptors (Lipinski definition) is 2. The minimum Gasteiger partial charge on any atom is -0.317 e. The zero-order chi connectivity index (χ0) is 14.3. The molecule has 1 N–H and O–H groups in total. The van der Waals surface area contributed by atoms with Gasteiger partial charge in [-0.1, -0.05) is 33.6 Å². The van der Waals surface area contributed by atoms with E-state index in [-0.39, 0.29) is 0 Å². The topological polar surface area (TPSA) is 15.3 Å². The van der Waals surface area contributed by atoms with Crippen LogP contribution in [0, 0.1) is 11.8 Å². The lowest BCUT2D eigenvalue weighted by atomic mass is 9.76. The number of nitrogens with one attached hydrogen (secondary N) is 1. The predicted molar refractivity (Wildman–Crippen MR) is 85.6 cm³/mol. The molecule has 0 bridgehead atoms. The quantitative estimate of drug-likeness (QED) is 0.718. The Labute approximate surface area is 121 Å². The molecule has 0 aromatic carbocycles. The third kappa shape index (κ3) is 5.07. The highest BCUT2D eigenvalue weighted by Crippen LogP contribution is 2.33. The summed E-state index contributed by atoms with van der Waals surface area (Å²) in [6, 6.07) is 1.47. The highest BCUT2D eigenvalue weighted by atomic mass is 15.1. The molecule has 4 atom stereocenters. The molecule has 1 rings (SSSR count). The van der Waals surface area contributed by atoms with E-state index in [0.29, 0.717) is 0 Å². The van der Waals surface area contributed by atoms with E-state index < -0.39 is 0 Å². The normalized spacial score (nSPS) is 29.7. The van der Waals surface area contributed by atoms with Gasteiger partial charge >= 0.3 is 0 Å². The van der Waals surface area contributed by atoms with Gasteiger partial charge in [0.25, 0.3) is 0 Å². The second-order valence-corrected chi connectivity index (χ2v) is 6.47. The second kappa shape index (κ2) is 8.97. The summed E-state index contributed by atoms with van der Waals surface area (Å²) in [6.07, 6.45) is 8.30. The summed E-state index contributed by atoms with van der Waals surface area (Å²) in [7, 11) is 2.15. The van der Waals surface area contributed by atoms with Gasteiger partial charge in [-0.2, -0.15) is 0 Å². The van der Waals surface area contributed by atoms with Crippen LogP contribution in [0.2, 0.25) is 0 Å². The van der Waals surface area contributed by atoms with Crippen molar-refractivity contribution in [2.45, 2.75) is 78.3 Å². The lowest BCUT2D eigenvalue weighted by molar-refractivity contribution is 0.117. The van der Waals surface area contributed by atoms with Crippen molar-refractivity contribution in [3.05, 3.63) is 0 Å². The Hall–Kier alpha value is -0.0800. The zero-order valence-corrected chi connectivity index (χ0v) is 13.9. The molecule has 0 heterocycles. The predicted octanol–water partition coefficient (Wildman–Crippen LogP) is 3.91. The van der Waals surface area contributed by atoms with E-state index in [9.17, 15) is 0 Å². The van der Waals surface area contributed by atoms with Crippen molar-refractivity contribution in [1.29, 1.82) is 0 Å². The molecule has 0 saturated heterocycles. The summed E-state index contributed by atoms with van der Waals surface area (Å²) >= 11 is 0. The van der Waals surface area contributed by atoms with Gasteiger partial charge in [0.15, 0.2) is 0 Å². The summed E-state index contributed by atoms with van der Waals surface area (Å²) in [6.45, 7) is 11.8. The maximum absolute atomic E-state index is 3.58. The highest BCUT2D eigenvalue weighted by Gasteiger charge is 2.30. The Morgan fingerprint density at radius 2 is 1.95 bits per heavy atom. The maximum atomic E-state index is 3.58. The molecule has 2 heteroatoms. The Bertz CT molecular complexity index is 229. The van der Waals surface area contributed by atoms with Crippen LogP contribution < -0.4 is 5.32 Å². The van der Waals surface area contributed by atoms with Gasteiger partial charge in [0.1, 0.15) is 0 Å². The smallest absolute Gasteiger partial charge is 0.0105 e. The molecule has 1 aliphatic carbocycles. The first-order valence-corrected chi connectivity index (χ1v) is 8.57. The second-order valence-electron chi connectivity index (χ2n) is 6.47. The van der Waals surface area contributed by atoms with Crippen molar-refractivity contribution < 1.29 is 0 Å². The molecule has 0 radical (unpaired) electrons. The summed E-state index contributed by atoms with van der Waals surface area (Å²) in [4.78, 5) is 2.68. The van der Waals surface area contributed by atoms with Crippen molar-refractivity contribution in [1.82, 2.24) is 10.2 Å². The van der Waals surface area contributed by atoms with Crippen molar-refractivity contribution >= 4 is 0 Å². The van der Waals surface area contributed by atoms with Crippen molar-refractivity contribution in [2.24, 2.45) is 11.8 Å². The Kier molecular flexibility index (Phi) is 8.01. The van der Waals surface area contributed by atoms with Crippen LogP contribution in [0.5, 0.6) is 0 Å². The average molecular weight is 268 g/mol. The fourth-order valence-corrected chi connectivity index (χ4v) is 3.79. The minimum absolute atomic E-state index is 0.731. The van der Waals surface area contributed by atoms with Gasteiger partial charge in [-0.3, -0.25) is 0 Å². The fraction of sp³-hybridized carbons (Fsp3) is 1.00. The van der Waals surface area contributed by atoms with Crippen LogP contribution in [0.3, 0.4) is 0 Å². The molecule has 1 saturated carbocycles. The SMILES string of the molecule is CCCC1CCC(NC)C(CN(CC)C(C)CC)C1. The monoisotopic (exact) mass is 268 g/mol. The first kappa shape index (κ1) is 17.0. The Morgan fingerprint density at radius 3 is 2.47 bits per heavy atom. The molecule has 19 heavy (non-hydrogen) atoms. The molecule has 114 valence electrons.